The molecule has 0 aliphatic rings. The Bertz CT molecular complexity index is 443. The van der Waals surface area contributed by atoms with Gasteiger partial charge in [0.2, 0.25) is 0 Å². The molecule has 0 N–H and O–H groups in total. The molecule has 0 spiro atoms. The molecule has 220 valence electrons. The minimum absolute atomic E-state index is 0.0627. The van der Waals surface area contributed by atoms with Gasteiger partial charge in [0.15, 0.2) is 0 Å². The Morgan fingerprint density at radius 2 is 0.649 bits per heavy atom. The third kappa shape index (κ3) is 30.9. The van der Waals surface area contributed by atoms with Gasteiger partial charge in [-0.2, -0.15) is 0 Å². The van der Waals surface area contributed by atoms with E-state index in [0.717, 1.165) is 51.7 Å². The summed E-state index contributed by atoms with van der Waals surface area (Å²) in [5.41, 5.74) is 0. The zero-order valence-electron chi connectivity index (χ0n) is 24.2. The second-order valence-electron chi connectivity index (χ2n) is 9.60. The molecular formula is C30H58O7. The number of hydrogen-bond acceptors (Lipinski definition) is 7. The molecule has 0 fully saturated rings. The van der Waals surface area contributed by atoms with Crippen LogP contribution in [-0.4, -0.2) is 64.8 Å². The average molecular weight is 531 g/mol. The fourth-order valence-corrected chi connectivity index (χ4v) is 4.08. The van der Waals surface area contributed by atoms with Crippen molar-refractivity contribution in [2.24, 2.45) is 0 Å². The number of carbonyl (C=O) groups excluding carboxylic acids is 2. The first kappa shape index (κ1) is 35.8. The minimum atomic E-state index is -0.0627. The van der Waals surface area contributed by atoms with Crippen molar-refractivity contribution >= 4 is 11.9 Å². The van der Waals surface area contributed by atoms with Crippen molar-refractivity contribution < 1.29 is 33.3 Å². The van der Waals surface area contributed by atoms with Crippen molar-refractivity contribution in [3.8, 4) is 0 Å². The zero-order valence-corrected chi connectivity index (χ0v) is 24.2. The normalized spacial score (nSPS) is 11.1. The summed E-state index contributed by atoms with van der Waals surface area (Å²) in [6, 6.07) is 0. The predicted octanol–water partition coefficient (Wildman–Crippen LogP) is 7.18. The Labute approximate surface area is 227 Å². The van der Waals surface area contributed by atoms with Crippen molar-refractivity contribution in [1.29, 1.82) is 0 Å². The lowest BCUT2D eigenvalue weighted by atomic mass is 10.1. The highest BCUT2D eigenvalue weighted by Crippen LogP contribution is 2.11. The summed E-state index contributed by atoms with van der Waals surface area (Å²) < 4.78 is 26.7. The van der Waals surface area contributed by atoms with E-state index in [2.05, 4.69) is 0 Å². The fourth-order valence-electron chi connectivity index (χ4n) is 4.08. The number of hydrogen-bond donors (Lipinski definition) is 0. The molecule has 0 unspecified atom stereocenters. The van der Waals surface area contributed by atoms with E-state index < -0.39 is 0 Å². The first-order valence-corrected chi connectivity index (χ1v) is 15.2. The van der Waals surface area contributed by atoms with E-state index in [0.29, 0.717) is 52.5 Å². The van der Waals surface area contributed by atoms with Crippen LogP contribution in [0.25, 0.3) is 0 Å². The molecule has 0 saturated carbocycles. The van der Waals surface area contributed by atoms with Crippen LogP contribution in [0.3, 0.4) is 0 Å². The molecule has 0 amide bonds. The molecule has 0 atom stereocenters. The molecule has 0 bridgehead atoms. The van der Waals surface area contributed by atoms with Gasteiger partial charge in [-0.25, -0.2) is 0 Å². The summed E-state index contributed by atoms with van der Waals surface area (Å²) in [7, 11) is 0. The number of carbonyl (C=O) groups is 2. The summed E-state index contributed by atoms with van der Waals surface area (Å²) >= 11 is 0. The highest BCUT2D eigenvalue weighted by atomic mass is 16.5. The Balaban J connectivity index is 3.07. The highest BCUT2D eigenvalue weighted by Gasteiger charge is 2.02. The monoisotopic (exact) mass is 530 g/mol. The molecule has 0 aliphatic heterocycles. The van der Waals surface area contributed by atoms with E-state index in [1.165, 1.54) is 64.2 Å². The molecule has 0 aromatic rings. The van der Waals surface area contributed by atoms with E-state index in [1.807, 2.05) is 13.8 Å². The Kier molecular flexibility index (Phi) is 30.1. The third-order valence-corrected chi connectivity index (χ3v) is 6.19. The van der Waals surface area contributed by atoms with Crippen LogP contribution in [0, 0.1) is 0 Å². The van der Waals surface area contributed by atoms with E-state index in [9.17, 15) is 9.59 Å². The summed E-state index contributed by atoms with van der Waals surface area (Å²) in [5.74, 6) is -0.125. The maximum Gasteiger partial charge on any atom is 0.305 e. The van der Waals surface area contributed by atoms with Gasteiger partial charge in [-0.3, -0.25) is 9.59 Å². The first-order valence-electron chi connectivity index (χ1n) is 15.2. The second-order valence-corrected chi connectivity index (χ2v) is 9.60. The number of esters is 2. The van der Waals surface area contributed by atoms with E-state index in [4.69, 9.17) is 23.7 Å². The topological polar surface area (TPSA) is 80.3 Å². The van der Waals surface area contributed by atoms with Crippen molar-refractivity contribution in [3.63, 3.8) is 0 Å². The van der Waals surface area contributed by atoms with E-state index in [1.54, 1.807) is 0 Å². The molecule has 0 aliphatic carbocycles. The van der Waals surface area contributed by atoms with Gasteiger partial charge in [0.05, 0.1) is 39.6 Å². The van der Waals surface area contributed by atoms with Crippen LogP contribution in [0.5, 0.6) is 0 Å². The van der Waals surface area contributed by atoms with Crippen LogP contribution in [0.1, 0.15) is 129 Å². The molecule has 0 rings (SSSR count). The van der Waals surface area contributed by atoms with E-state index >= 15 is 0 Å². The molecule has 37 heavy (non-hydrogen) atoms. The molecule has 0 aromatic carbocycles. The van der Waals surface area contributed by atoms with Crippen molar-refractivity contribution in [3.05, 3.63) is 0 Å². The number of ether oxygens (including phenoxy) is 5. The smallest absolute Gasteiger partial charge is 0.305 e. The van der Waals surface area contributed by atoms with Gasteiger partial charge in [-0.05, 0) is 39.5 Å². The molecular weight excluding hydrogens is 472 g/mol. The highest BCUT2D eigenvalue weighted by molar-refractivity contribution is 5.69. The summed E-state index contributed by atoms with van der Waals surface area (Å²) in [6.07, 6.45) is 19.9. The van der Waals surface area contributed by atoms with Gasteiger partial charge in [0.25, 0.3) is 0 Å². The largest absolute Gasteiger partial charge is 0.466 e. The van der Waals surface area contributed by atoms with Crippen LogP contribution in [-0.2, 0) is 33.3 Å². The Morgan fingerprint density at radius 3 is 0.973 bits per heavy atom. The van der Waals surface area contributed by atoms with Crippen molar-refractivity contribution in [2.45, 2.75) is 129 Å². The van der Waals surface area contributed by atoms with Crippen LogP contribution in [0.15, 0.2) is 0 Å². The molecule has 0 radical (unpaired) electrons. The fraction of sp³-hybridized carbons (Fsp3) is 0.933. The van der Waals surface area contributed by atoms with Gasteiger partial charge in [-0.15, -0.1) is 0 Å². The predicted molar refractivity (Wildman–Crippen MR) is 149 cm³/mol. The standard InChI is InChI=1S/C30H58O7/c1-3-36-29(31)21-17-13-9-5-7-11-15-19-23-33-25-27-35-28-26-34-24-20-16-12-8-6-10-14-18-22-30(32)37-4-2/h3-28H2,1-2H3. The van der Waals surface area contributed by atoms with Crippen LogP contribution < -0.4 is 0 Å². The van der Waals surface area contributed by atoms with Gasteiger partial charge >= 0.3 is 11.9 Å². The van der Waals surface area contributed by atoms with Crippen LogP contribution >= 0.6 is 0 Å². The maximum absolute atomic E-state index is 11.2. The van der Waals surface area contributed by atoms with Crippen LogP contribution in [0.2, 0.25) is 0 Å². The second kappa shape index (κ2) is 31.0. The minimum Gasteiger partial charge on any atom is -0.466 e. The molecule has 0 saturated heterocycles. The number of rotatable bonds is 30. The molecule has 7 nitrogen and oxygen atoms in total. The third-order valence-electron chi connectivity index (χ3n) is 6.19. The van der Waals surface area contributed by atoms with Gasteiger partial charge < -0.3 is 23.7 Å². The first-order chi connectivity index (χ1) is 18.2. The van der Waals surface area contributed by atoms with Crippen molar-refractivity contribution in [2.75, 3.05) is 52.9 Å². The SMILES string of the molecule is CCOC(=O)CCCCCCCCCCOCCOCCOCCCCCCCCCCC(=O)OCC. The zero-order chi connectivity index (χ0) is 27.1. The lowest BCUT2D eigenvalue weighted by Crippen LogP contribution is -2.10. The Morgan fingerprint density at radius 1 is 0.378 bits per heavy atom. The maximum atomic E-state index is 11.2. The van der Waals surface area contributed by atoms with Gasteiger partial charge in [0, 0.05) is 26.1 Å². The van der Waals surface area contributed by atoms with Crippen LogP contribution in [0.4, 0.5) is 0 Å². The lowest BCUT2D eigenvalue weighted by Gasteiger charge is -2.07. The quantitative estimate of drug-likeness (QED) is 0.0718. The summed E-state index contributed by atoms with van der Waals surface area (Å²) in [6.45, 7) is 8.87. The van der Waals surface area contributed by atoms with E-state index in [-0.39, 0.29) is 11.9 Å². The molecule has 0 aromatic heterocycles. The number of unbranched alkanes of at least 4 members (excludes halogenated alkanes) is 14. The summed E-state index contributed by atoms with van der Waals surface area (Å²) in [5, 5.41) is 0. The average Bonchev–Trinajstić information content (AvgIpc) is 2.88. The van der Waals surface area contributed by atoms with Crippen molar-refractivity contribution in [1.82, 2.24) is 0 Å². The molecule has 7 heteroatoms. The lowest BCUT2D eigenvalue weighted by molar-refractivity contribution is -0.144. The molecule has 0 heterocycles. The summed E-state index contributed by atoms with van der Waals surface area (Å²) in [4.78, 5) is 22.5. The van der Waals surface area contributed by atoms with Gasteiger partial charge in [0.1, 0.15) is 0 Å². The van der Waals surface area contributed by atoms with Gasteiger partial charge in [-0.1, -0.05) is 77.0 Å². The Hall–Kier alpha value is -1.18.